The first-order valence-corrected chi connectivity index (χ1v) is 9.69. The van der Waals surface area contributed by atoms with Crippen LogP contribution in [0.3, 0.4) is 0 Å². The van der Waals surface area contributed by atoms with Crippen molar-refractivity contribution in [1.29, 1.82) is 0 Å². The Morgan fingerprint density at radius 3 is 2.61 bits per heavy atom. The minimum Gasteiger partial charge on any atom is -0.486 e. The van der Waals surface area contributed by atoms with Gasteiger partial charge in [0, 0.05) is 22.8 Å². The monoisotopic (exact) mass is 374 g/mol. The minimum absolute atomic E-state index is 0.0973. The van der Waals surface area contributed by atoms with Crippen LogP contribution in [0.25, 0.3) is 10.8 Å². The van der Waals surface area contributed by atoms with Gasteiger partial charge in [-0.1, -0.05) is 24.3 Å². The molecule has 5 nitrogen and oxygen atoms in total. The number of amides is 1. The standard InChI is InChI=1S/C23H22N2O3/c1-14(23(26)25-17-8-10-20-21(13-17)28-12-11-27-20)24-19-9-7-16-6-5-15-3-2-4-18(19)22(15)16/h2-4,7-10,13-14,24H,5-6,11-12H2,1H3,(H,25,26). The Labute approximate surface area is 163 Å². The van der Waals surface area contributed by atoms with Crippen LogP contribution in [0.4, 0.5) is 11.4 Å². The lowest BCUT2D eigenvalue weighted by Crippen LogP contribution is -2.32. The highest BCUT2D eigenvalue weighted by Crippen LogP contribution is 2.35. The van der Waals surface area contributed by atoms with Gasteiger partial charge in [0.25, 0.3) is 0 Å². The van der Waals surface area contributed by atoms with Crippen LogP contribution in [0.15, 0.2) is 48.5 Å². The van der Waals surface area contributed by atoms with Crippen molar-refractivity contribution >= 4 is 28.1 Å². The predicted molar refractivity (Wildman–Crippen MR) is 111 cm³/mol. The van der Waals surface area contributed by atoms with Gasteiger partial charge in [0.15, 0.2) is 11.5 Å². The summed E-state index contributed by atoms with van der Waals surface area (Å²) in [5.41, 5.74) is 4.48. The summed E-state index contributed by atoms with van der Waals surface area (Å²) in [5, 5.41) is 8.87. The summed E-state index contributed by atoms with van der Waals surface area (Å²) >= 11 is 0. The maximum Gasteiger partial charge on any atom is 0.246 e. The molecular formula is C23H22N2O3. The number of ether oxygens (including phenoxy) is 2. The Morgan fingerprint density at radius 1 is 0.964 bits per heavy atom. The number of hydrogen-bond acceptors (Lipinski definition) is 4. The van der Waals surface area contributed by atoms with Gasteiger partial charge in [0.1, 0.15) is 19.3 Å². The topological polar surface area (TPSA) is 59.6 Å². The van der Waals surface area contributed by atoms with Gasteiger partial charge in [-0.2, -0.15) is 0 Å². The smallest absolute Gasteiger partial charge is 0.246 e. The highest BCUT2D eigenvalue weighted by molar-refractivity contribution is 6.02. The van der Waals surface area contributed by atoms with E-state index in [1.807, 2.05) is 19.1 Å². The molecule has 0 aromatic heterocycles. The van der Waals surface area contributed by atoms with E-state index in [0.29, 0.717) is 30.4 Å². The van der Waals surface area contributed by atoms with E-state index in [2.05, 4.69) is 41.0 Å². The minimum atomic E-state index is -0.383. The first kappa shape index (κ1) is 16.9. The average Bonchev–Trinajstić information content (AvgIpc) is 3.14. The molecule has 1 amide bonds. The molecule has 1 heterocycles. The van der Waals surface area contributed by atoms with Gasteiger partial charge in [-0.3, -0.25) is 4.79 Å². The SMILES string of the molecule is CC(Nc1ccc2c3c(cccc13)CC2)C(=O)Nc1ccc2c(c1)OCCO2. The normalized spacial score (nSPS) is 15.3. The Balaban J connectivity index is 1.34. The molecule has 3 aromatic carbocycles. The third kappa shape index (κ3) is 2.93. The first-order valence-electron chi connectivity index (χ1n) is 9.69. The van der Waals surface area contributed by atoms with Crippen LogP contribution in [-0.4, -0.2) is 25.2 Å². The van der Waals surface area contributed by atoms with Crippen molar-refractivity contribution in [1.82, 2.24) is 0 Å². The number of aryl methyl sites for hydroxylation is 2. The van der Waals surface area contributed by atoms with E-state index >= 15 is 0 Å². The van der Waals surface area contributed by atoms with E-state index in [-0.39, 0.29) is 11.9 Å². The zero-order valence-corrected chi connectivity index (χ0v) is 15.7. The van der Waals surface area contributed by atoms with E-state index < -0.39 is 0 Å². The molecule has 28 heavy (non-hydrogen) atoms. The summed E-state index contributed by atoms with van der Waals surface area (Å²) in [6.07, 6.45) is 2.19. The highest BCUT2D eigenvalue weighted by Gasteiger charge is 2.19. The molecule has 0 bridgehead atoms. The molecule has 0 radical (unpaired) electrons. The van der Waals surface area contributed by atoms with Crippen molar-refractivity contribution < 1.29 is 14.3 Å². The van der Waals surface area contributed by atoms with E-state index in [1.54, 1.807) is 6.07 Å². The fraction of sp³-hybridized carbons (Fsp3) is 0.261. The van der Waals surface area contributed by atoms with Crippen LogP contribution in [0.2, 0.25) is 0 Å². The van der Waals surface area contributed by atoms with Gasteiger partial charge in [-0.15, -0.1) is 0 Å². The molecule has 1 atom stereocenters. The van der Waals surface area contributed by atoms with Crippen molar-refractivity contribution in [3.05, 3.63) is 59.7 Å². The molecule has 1 unspecified atom stereocenters. The summed E-state index contributed by atoms with van der Waals surface area (Å²) < 4.78 is 11.1. The third-order valence-electron chi connectivity index (χ3n) is 5.45. The van der Waals surface area contributed by atoms with E-state index in [9.17, 15) is 4.79 Å². The highest BCUT2D eigenvalue weighted by atomic mass is 16.6. The number of hydrogen-bond donors (Lipinski definition) is 2. The first-order chi connectivity index (χ1) is 13.7. The zero-order valence-electron chi connectivity index (χ0n) is 15.7. The molecule has 2 aliphatic rings. The molecule has 3 aromatic rings. The number of rotatable bonds is 4. The lowest BCUT2D eigenvalue weighted by Gasteiger charge is -2.20. The molecule has 2 N–H and O–H groups in total. The molecule has 5 heteroatoms. The predicted octanol–water partition coefficient (Wildman–Crippen LogP) is 4.15. The van der Waals surface area contributed by atoms with Crippen LogP contribution in [0, 0.1) is 0 Å². The van der Waals surface area contributed by atoms with Crippen molar-refractivity contribution in [2.24, 2.45) is 0 Å². The fourth-order valence-corrected chi connectivity index (χ4v) is 4.04. The maximum atomic E-state index is 12.7. The summed E-state index contributed by atoms with van der Waals surface area (Å²) in [6, 6.07) is 15.8. The van der Waals surface area contributed by atoms with Gasteiger partial charge < -0.3 is 20.1 Å². The van der Waals surface area contributed by atoms with E-state index in [1.165, 1.54) is 21.9 Å². The summed E-state index contributed by atoms with van der Waals surface area (Å²) in [7, 11) is 0. The van der Waals surface area contributed by atoms with Crippen LogP contribution >= 0.6 is 0 Å². The van der Waals surface area contributed by atoms with Crippen LogP contribution in [-0.2, 0) is 17.6 Å². The molecule has 0 saturated heterocycles. The molecule has 0 saturated carbocycles. The largest absolute Gasteiger partial charge is 0.486 e. The van der Waals surface area contributed by atoms with Gasteiger partial charge >= 0.3 is 0 Å². The second-order valence-electron chi connectivity index (χ2n) is 7.33. The Kier molecular flexibility index (Phi) is 4.08. The fourth-order valence-electron chi connectivity index (χ4n) is 4.04. The van der Waals surface area contributed by atoms with Crippen LogP contribution in [0.1, 0.15) is 18.1 Å². The van der Waals surface area contributed by atoms with Crippen molar-refractivity contribution in [3.63, 3.8) is 0 Å². The molecule has 0 spiro atoms. The summed E-state index contributed by atoms with van der Waals surface area (Å²) in [5.74, 6) is 1.28. The molecule has 1 aliphatic carbocycles. The Bertz CT molecular complexity index is 1070. The van der Waals surface area contributed by atoms with Crippen molar-refractivity contribution in [3.8, 4) is 11.5 Å². The number of nitrogens with one attached hydrogen (secondary N) is 2. The molecule has 5 rings (SSSR count). The molecule has 1 aliphatic heterocycles. The van der Waals surface area contributed by atoms with E-state index in [4.69, 9.17) is 9.47 Å². The molecule has 0 fully saturated rings. The van der Waals surface area contributed by atoms with Crippen molar-refractivity contribution in [2.45, 2.75) is 25.8 Å². The summed E-state index contributed by atoms with van der Waals surface area (Å²) in [6.45, 7) is 2.94. The van der Waals surface area contributed by atoms with Crippen molar-refractivity contribution in [2.75, 3.05) is 23.8 Å². The lowest BCUT2D eigenvalue weighted by atomic mass is 10.0. The number of benzene rings is 3. The van der Waals surface area contributed by atoms with Crippen LogP contribution in [0.5, 0.6) is 11.5 Å². The molecule has 142 valence electrons. The van der Waals surface area contributed by atoms with Crippen LogP contribution < -0.4 is 20.1 Å². The second-order valence-corrected chi connectivity index (χ2v) is 7.33. The second kappa shape index (κ2) is 6.75. The van der Waals surface area contributed by atoms with Gasteiger partial charge in [-0.25, -0.2) is 0 Å². The summed E-state index contributed by atoms with van der Waals surface area (Å²) in [4.78, 5) is 12.7. The van der Waals surface area contributed by atoms with Gasteiger partial charge in [-0.05, 0) is 54.5 Å². The quantitative estimate of drug-likeness (QED) is 0.720. The van der Waals surface area contributed by atoms with E-state index in [0.717, 1.165) is 18.5 Å². The molecular weight excluding hydrogens is 352 g/mol. The Hall–Kier alpha value is -3.21. The Morgan fingerprint density at radius 2 is 1.75 bits per heavy atom. The zero-order chi connectivity index (χ0) is 19.1. The maximum absolute atomic E-state index is 12.7. The number of carbonyl (C=O) groups excluding carboxylic acids is 1. The number of carbonyl (C=O) groups is 1. The lowest BCUT2D eigenvalue weighted by molar-refractivity contribution is -0.116. The van der Waals surface area contributed by atoms with Gasteiger partial charge in [0.2, 0.25) is 5.91 Å². The average molecular weight is 374 g/mol. The van der Waals surface area contributed by atoms with Gasteiger partial charge in [0.05, 0.1) is 0 Å². The number of anilines is 2. The third-order valence-corrected chi connectivity index (χ3v) is 5.45. The number of fused-ring (bicyclic) bond motifs is 1.